The molecule has 1 heterocycles. The summed E-state index contributed by atoms with van der Waals surface area (Å²) in [5.74, 6) is 0.343. The van der Waals surface area contributed by atoms with Gasteiger partial charge in [0.1, 0.15) is 11.6 Å². The maximum absolute atomic E-state index is 13.5. The molecule has 0 fully saturated rings. The molecular formula is C12H11BrFN3O. The van der Waals surface area contributed by atoms with Crippen LogP contribution in [0.25, 0.3) is 11.4 Å². The molecule has 0 aliphatic rings. The zero-order chi connectivity index (χ0) is 13.1. The number of aromatic nitrogens is 2. The van der Waals surface area contributed by atoms with Crippen molar-refractivity contribution in [2.24, 2.45) is 0 Å². The predicted octanol–water partition coefficient (Wildman–Crippen LogP) is 2.77. The molecule has 1 aromatic carbocycles. The van der Waals surface area contributed by atoms with Gasteiger partial charge in [-0.2, -0.15) is 0 Å². The van der Waals surface area contributed by atoms with E-state index in [4.69, 9.17) is 10.5 Å². The summed E-state index contributed by atoms with van der Waals surface area (Å²) >= 11 is 3.10. The van der Waals surface area contributed by atoms with Crippen molar-refractivity contribution in [3.63, 3.8) is 0 Å². The minimum atomic E-state index is -0.369. The lowest BCUT2D eigenvalue weighted by atomic mass is 10.2. The van der Waals surface area contributed by atoms with Crippen molar-refractivity contribution in [2.45, 2.75) is 6.61 Å². The van der Waals surface area contributed by atoms with E-state index in [0.29, 0.717) is 34.0 Å². The molecule has 0 aliphatic carbocycles. The maximum atomic E-state index is 13.5. The Morgan fingerprint density at radius 1 is 1.33 bits per heavy atom. The van der Waals surface area contributed by atoms with Crippen molar-refractivity contribution in [3.8, 4) is 11.4 Å². The van der Waals surface area contributed by atoms with Gasteiger partial charge in [0, 0.05) is 18.7 Å². The van der Waals surface area contributed by atoms with Gasteiger partial charge in [0.2, 0.25) is 0 Å². The summed E-state index contributed by atoms with van der Waals surface area (Å²) in [6.07, 6.45) is 0. The smallest absolute Gasteiger partial charge is 0.161 e. The second kappa shape index (κ2) is 5.41. The third kappa shape index (κ3) is 2.83. The molecule has 0 saturated carbocycles. The second-order valence-corrected chi connectivity index (χ2v) is 4.52. The van der Waals surface area contributed by atoms with Gasteiger partial charge in [-0.05, 0) is 34.1 Å². The molecule has 0 bridgehead atoms. The number of anilines is 1. The summed E-state index contributed by atoms with van der Waals surface area (Å²) in [7, 11) is 1.57. The van der Waals surface area contributed by atoms with E-state index in [1.807, 2.05) is 0 Å². The Kier molecular flexibility index (Phi) is 3.88. The van der Waals surface area contributed by atoms with E-state index in [0.717, 1.165) is 0 Å². The summed E-state index contributed by atoms with van der Waals surface area (Å²) in [6.45, 7) is 0.332. The Hall–Kier alpha value is -1.53. The summed E-state index contributed by atoms with van der Waals surface area (Å²) in [5, 5.41) is 0. The largest absolute Gasteiger partial charge is 0.384 e. The fourth-order valence-electron chi connectivity index (χ4n) is 1.50. The normalized spacial score (nSPS) is 10.6. The van der Waals surface area contributed by atoms with Crippen LogP contribution in [0.15, 0.2) is 28.7 Å². The topological polar surface area (TPSA) is 61.0 Å². The first kappa shape index (κ1) is 12.9. The molecule has 0 atom stereocenters. The number of nitrogens with zero attached hydrogens (tertiary/aromatic N) is 2. The van der Waals surface area contributed by atoms with Crippen molar-refractivity contribution in [1.29, 1.82) is 0 Å². The zero-order valence-electron chi connectivity index (χ0n) is 9.65. The molecule has 0 saturated heterocycles. The molecule has 0 radical (unpaired) electrons. The van der Waals surface area contributed by atoms with Gasteiger partial charge in [-0.15, -0.1) is 0 Å². The van der Waals surface area contributed by atoms with Gasteiger partial charge in [0.05, 0.1) is 16.8 Å². The Labute approximate surface area is 112 Å². The van der Waals surface area contributed by atoms with Crippen LogP contribution < -0.4 is 5.73 Å². The Balaban J connectivity index is 2.46. The first-order valence-corrected chi connectivity index (χ1v) is 5.97. The van der Waals surface area contributed by atoms with Gasteiger partial charge in [0.25, 0.3) is 0 Å². The SMILES string of the molecule is COCc1cc(N)nc(-c2ccc(Br)c(F)c2)n1. The van der Waals surface area contributed by atoms with E-state index in [1.54, 1.807) is 25.3 Å². The Morgan fingerprint density at radius 3 is 2.78 bits per heavy atom. The molecule has 94 valence electrons. The number of nitrogens with two attached hydrogens (primary N) is 1. The van der Waals surface area contributed by atoms with Crippen LogP contribution in [0.4, 0.5) is 10.2 Å². The van der Waals surface area contributed by atoms with E-state index >= 15 is 0 Å². The first-order valence-electron chi connectivity index (χ1n) is 5.18. The molecule has 0 amide bonds. The van der Waals surface area contributed by atoms with E-state index in [2.05, 4.69) is 25.9 Å². The molecule has 2 N–H and O–H groups in total. The number of rotatable bonds is 3. The average Bonchev–Trinajstić information content (AvgIpc) is 2.32. The fraction of sp³-hybridized carbons (Fsp3) is 0.167. The Morgan fingerprint density at radius 2 is 2.11 bits per heavy atom. The van der Waals surface area contributed by atoms with E-state index < -0.39 is 0 Å². The highest BCUT2D eigenvalue weighted by Crippen LogP contribution is 2.23. The van der Waals surface area contributed by atoms with Gasteiger partial charge in [-0.1, -0.05) is 0 Å². The van der Waals surface area contributed by atoms with Crippen LogP contribution in [-0.2, 0) is 11.3 Å². The highest BCUT2D eigenvalue weighted by Gasteiger charge is 2.08. The van der Waals surface area contributed by atoms with Crippen LogP contribution in [-0.4, -0.2) is 17.1 Å². The third-order valence-electron chi connectivity index (χ3n) is 2.27. The lowest BCUT2D eigenvalue weighted by Crippen LogP contribution is -2.01. The van der Waals surface area contributed by atoms with Crippen molar-refractivity contribution in [3.05, 3.63) is 40.2 Å². The van der Waals surface area contributed by atoms with Crippen LogP contribution in [0.1, 0.15) is 5.69 Å². The number of hydrogen-bond acceptors (Lipinski definition) is 4. The van der Waals surface area contributed by atoms with Crippen LogP contribution in [0.2, 0.25) is 0 Å². The number of halogens is 2. The van der Waals surface area contributed by atoms with E-state index in [1.165, 1.54) is 6.07 Å². The number of methoxy groups -OCH3 is 1. The zero-order valence-corrected chi connectivity index (χ0v) is 11.2. The number of hydrogen-bond donors (Lipinski definition) is 1. The van der Waals surface area contributed by atoms with Crippen LogP contribution in [0, 0.1) is 5.82 Å². The van der Waals surface area contributed by atoms with Crippen LogP contribution in [0.3, 0.4) is 0 Å². The maximum Gasteiger partial charge on any atom is 0.161 e. The van der Waals surface area contributed by atoms with Crippen LogP contribution in [0.5, 0.6) is 0 Å². The Bertz CT molecular complexity index is 577. The number of nitrogen functional groups attached to an aromatic ring is 1. The lowest BCUT2D eigenvalue weighted by Gasteiger charge is -2.06. The van der Waals surface area contributed by atoms with Crippen molar-refractivity contribution >= 4 is 21.7 Å². The molecule has 4 nitrogen and oxygen atoms in total. The molecule has 0 aliphatic heterocycles. The van der Waals surface area contributed by atoms with Gasteiger partial charge in [-0.3, -0.25) is 0 Å². The van der Waals surface area contributed by atoms with Gasteiger partial charge in [0.15, 0.2) is 5.82 Å². The molecule has 1 aromatic heterocycles. The number of benzene rings is 1. The molecular weight excluding hydrogens is 301 g/mol. The molecule has 0 unspecified atom stereocenters. The minimum Gasteiger partial charge on any atom is -0.384 e. The van der Waals surface area contributed by atoms with E-state index in [9.17, 15) is 4.39 Å². The van der Waals surface area contributed by atoms with Gasteiger partial charge >= 0.3 is 0 Å². The highest BCUT2D eigenvalue weighted by molar-refractivity contribution is 9.10. The van der Waals surface area contributed by atoms with Crippen molar-refractivity contribution in [2.75, 3.05) is 12.8 Å². The van der Waals surface area contributed by atoms with Crippen molar-refractivity contribution in [1.82, 2.24) is 9.97 Å². The monoisotopic (exact) mass is 311 g/mol. The average molecular weight is 312 g/mol. The van der Waals surface area contributed by atoms with Crippen LogP contribution >= 0.6 is 15.9 Å². The quantitative estimate of drug-likeness (QED) is 0.947. The van der Waals surface area contributed by atoms with E-state index in [-0.39, 0.29) is 5.82 Å². The van der Waals surface area contributed by atoms with Gasteiger partial charge in [-0.25, -0.2) is 14.4 Å². The third-order valence-corrected chi connectivity index (χ3v) is 2.91. The summed E-state index contributed by atoms with van der Waals surface area (Å²) in [4.78, 5) is 8.35. The predicted molar refractivity (Wildman–Crippen MR) is 70.3 cm³/mol. The molecule has 18 heavy (non-hydrogen) atoms. The molecule has 2 rings (SSSR count). The first-order chi connectivity index (χ1) is 8.60. The summed E-state index contributed by atoms with van der Waals surface area (Å²) in [5.41, 5.74) is 6.91. The van der Waals surface area contributed by atoms with Gasteiger partial charge < -0.3 is 10.5 Å². The lowest BCUT2D eigenvalue weighted by molar-refractivity contribution is 0.181. The minimum absolute atomic E-state index is 0.329. The highest BCUT2D eigenvalue weighted by atomic mass is 79.9. The molecule has 2 aromatic rings. The fourth-order valence-corrected chi connectivity index (χ4v) is 1.75. The number of ether oxygens (including phenoxy) is 1. The molecule has 6 heteroatoms. The van der Waals surface area contributed by atoms with Crippen molar-refractivity contribution < 1.29 is 9.13 Å². The summed E-state index contributed by atoms with van der Waals surface area (Å²) in [6, 6.07) is 6.31. The molecule has 0 spiro atoms. The second-order valence-electron chi connectivity index (χ2n) is 3.67. The standard InChI is InChI=1S/C12H11BrFN3O/c1-18-6-8-5-11(15)17-12(16-8)7-2-3-9(13)10(14)4-7/h2-5H,6H2,1H3,(H2,15,16,17). The summed E-state index contributed by atoms with van der Waals surface area (Å²) < 4.78 is 18.8.